The molecule has 3 amide bonds. The zero-order valence-electron chi connectivity index (χ0n) is 26.1. The van der Waals surface area contributed by atoms with Gasteiger partial charge in [-0.05, 0) is 67.8 Å². The number of urea groups is 1. The molecule has 2 aliphatic heterocycles. The third-order valence-electron chi connectivity index (χ3n) is 8.40. The number of rotatable bonds is 8. The Morgan fingerprint density at radius 1 is 0.957 bits per heavy atom. The first kappa shape index (κ1) is 29.4. The molecule has 3 aromatic carbocycles. The number of amides is 3. The Labute approximate surface area is 267 Å². The van der Waals surface area contributed by atoms with Gasteiger partial charge in [0.1, 0.15) is 17.0 Å². The van der Waals surface area contributed by atoms with Crippen molar-refractivity contribution in [1.29, 1.82) is 0 Å². The number of carbonyl (C=O) groups excluding carboxylic acids is 2. The van der Waals surface area contributed by atoms with Crippen molar-refractivity contribution in [2.24, 2.45) is 0 Å². The largest absolute Gasteiger partial charge is 0.456 e. The third-order valence-corrected chi connectivity index (χ3v) is 8.40. The SMILES string of the molecule is CCC[C@@H]1c2c(cc(C(=O)NCc3ccc4c(c3)OCO4)nc2-c2cccc(-c3cc4ccccc4o3)c2)CN1C(=O)NC(C)C. The Morgan fingerprint density at radius 3 is 2.61 bits per heavy atom. The molecule has 0 bridgehead atoms. The van der Waals surface area contributed by atoms with E-state index in [0.29, 0.717) is 36.0 Å². The molecular formula is C37H36N4O5. The molecule has 2 N–H and O–H groups in total. The van der Waals surface area contributed by atoms with E-state index in [1.54, 1.807) is 0 Å². The molecule has 9 heteroatoms. The summed E-state index contributed by atoms with van der Waals surface area (Å²) in [6, 6.07) is 25.1. The number of nitrogens with one attached hydrogen (secondary N) is 2. The normalized spacial score (nSPS) is 15.0. The van der Waals surface area contributed by atoms with Crippen molar-refractivity contribution in [3.05, 3.63) is 101 Å². The van der Waals surface area contributed by atoms with Crippen LogP contribution in [0, 0.1) is 0 Å². The zero-order valence-corrected chi connectivity index (χ0v) is 26.1. The highest BCUT2D eigenvalue weighted by Crippen LogP contribution is 2.43. The fourth-order valence-corrected chi connectivity index (χ4v) is 6.28. The second kappa shape index (κ2) is 12.2. The van der Waals surface area contributed by atoms with Crippen molar-refractivity contribution in [3.8, 4) is 34.1 Å². The lowest BCUT2D eigenvalue weighted by atomic mass is 9.94. The van der Waals surface area contributed by atoms with E-state index in [2.05, 4.69) is 23.6 Å². The van der Waals surface area contributed by atoms with Crippen LogP contribution in [0.2, 0.25) is 0 Å². The second-order valence-corrected chi connectivity index (χ2v) is 12.1. The van der Waals surface area contributed by atoms with E-state index in [1.165, 1.54) is 0 Å². The zero-order chi connectivity index (χ0) is 31.8. The highest BCUT2D eigenvalue weighted by atomic mass is 16.7. The summed E-state index contributed by atoms with van der Waals surface area (Å²) in [6.07, 6.45) is 1.65. The van der Waals surface area contributed by atoms with E-state index in [-0.39, 0.29) is 30.8 Å². The van der Waals surface area contributed by atoms with Gasteiger partial charge in [0.2, 0.25) is 6.79 Å². The van der Waals surface area contributed by atoms with Crippen molar-refractivity contribution < 1.29 is 23.5 Å². The molecule has 9 nitrogen and oxygen atoms in total. The lowest BCUT2D eigenvalue weighted by molar-refractivity contribution is 0.0945. The fraction of sp³-hybridized carbons (Fsp3) is 0.270. The number of ether oxygens (including phenoxy) is 2. The lowest BCUT2D eigenvalue weighted by Gasteiger charge is -2.27. The summed E-state index contributed by atoms with van der Waals surface area (Å²) in [5, 5.41) is 7.10. The summed E-state index contributed by atoms with van der Waals surface area (Å²) < 4.78 is 17.1. The molecule has 0 saturated carbocycles. The average molecular weight is 617 g/mol. The number of nitrogens with zero attached hydrogens (tertiary/aromatic N) is 2. The van der Waals surface area contributed by atoms with E-state index in [0.717, 1.165) is 57.4 Å². The predicted molar refractivity (Wildman–Crippen MR) is 175 cm³/mol. The van der Waals surface area contributed by atoms with Crippen LogP contribution in [0.15, 0.2) is 83.3 Å². The molecule has 4 heterocycles. The van der Waals surface area contributed by atoms with Crippen molar-refractivity contribution in [1.82, 2.24) is 20.5 Å². The van der Waals surface area contributed by atoms with Gasteiger partial charge in [0.05, 0.1) is 11.7 Å². The summed E-state index contributed by atoms with van der Waals surface area (Å²) in [5.41, 5.74) is 6.36. The third kappa shape index (κ3) is 5.64. The maximum absolute atomic E-state index is 13.7. The van der Waals surface area contributed by atoms with Gasteiger partial charge >= 0.3 is 6.03 Å². The number of hydrogen-bond donors (Lipinski definition) is 2. The summed E-state index contributed by atoms with van der Waals surface area (Å²) in [7, 11) is 0. The number of pyridine rings is 1. The van der Waals surface area contributed by atoms with E-state index in [1.807, 2.05) is 91.5 Å². The van der Waals surface area contributed by atoms with Crippen LogP contribution in [0.5, 0.6) is 11.5 Å². The van der Waals surface area contributed by atoms with Crippen molar-refractivity contribution >= 4 is 22.9 Å². The number of aromatic nitrogens is 1. The standard InChI is InChI=1S/C37H36N4O5/c1-4-8-29-34-27(20-41(29)37(43)39-22(2)3)17-28(36(42)38-19-23-13-14-31-33(15-23)45-21-44-31)40-35(34)26-11-7-10-24(16-26)32-18-25-9-5-6-12-30(25)46-32/h5-7,9-18,22,29H,4,8,19-21H2,1-3H3,(H,38,42)(H,39,43)/t29-/m1/s1. The minimum Gasteiger partial charge on any atom is -0.456 e. The van der Waals surface area contributed by atoms with Crippen LogP contribution in [0.4, 0.5) is 4.79 Å². The summed E-state index contributed by atoms with van der Waals surface area (Å²) in [5.74, 6) is 1.81. The lowest BCUT2D eigenvalue weighted by Crippen LogP contribution is -2.42. The number of para-hydroxylation sites is 1. The molecule has 46 heavy (non-hydrogen) atoms. The highest BCUT2D eigenvalue weighted by molar-refractivity contribution is 5.94. The molecule has 0 radical (unpaired) electrons. The van der Waals surface area contributed by atoms with E-state index >= 15 is 0 Å². The molecule has 5 aromatic rings. The van der Waals surface area contributed by atoms with Gasteiger partial charge < -0.3 is 29.4 Å². The molecule has 0 spiro atoms. The van der Waals surface area contributed by atoms with Crippen LogP contribution < -0.4 is 20.1 Å². The van der Waals surface area contributed by atoms with Gasteiger partial charge in [0.25, 0.3) is 5.91 Å². The maximum atomic E-state index is 13.7. The minimum atomic E-state index is -0.299. The molecule has 0 unspecified atom stereocenters. The Bertz CT molecular complexity index is 1910. The predicted octanol–water partition coefficient (Wildman–Crippen LogP) is 7.60. The van der Waals surface area contributed by atoms with E-state index in [4.69, 9.17) is 18.9 Å². The van der Waals surface area contributed by atoms with Crippen molar-refractivity contribution in [2.75, 3.05) is 6.79 Å². The van der Waals surface area contributed by atoms with Crippen LogP contribution in [-0.2, 0) is 13.1 Å². The van der Waals surface area contributed by atoms with Gasteiger partial charge in [-0.3, -0.25) is 4.79 Å². The smallest absolute Gasteiger partial charge is 0.318 e. The molecule has 0 aliphatic carbocycles. The number of furan rings is 1. The van der Waals surface area contributed by atoms with Crippen molar-refractivity contribution in [3.63, 3.8) is 0 Å². The molecule has 0 fully saturated rings. The first-order valence-corrected chi connectivity index (χ1v) is 15.7. The monoisotopic (exact) mass is 616 g/mol. The molecular weight excluding hydrogens is 580 g/mol. The van der Waals surface area contributed by atoms with Crippen LogP contribution in [0.1, 0.15) is 66.8 Å². The van der Waals surface area contributed by atoms with Gasteiger partial charge in [-0.25, -0.2) is 9.78 Å². The minimum absolute atomic E-state index is 0.00547. The number of benzene rings is 3. The average Bonchev–Trinajstić information content (AvgIpc) is 3.80. The van der Waals surface area contributed by atoms with E-state index in [9.17, 15) is 9.59 Å². The molecule has 2 aromatic heterocycles. The number of fused-ring (bicyclic) bond motifs is 3. The second-order valence-electron chi connectivity index (χ2n) is 12.1. The summed E-state index contributed by atoms with van der Waals surface area (Å²) in [4.78, 5) is 34.0. The Hall–Kier alpha value is -5.31. The van der Waals surface area contributed by atoms with Crippen LogP contribution in [-0.4, -0.2) is 34.7 Å². The summed E-state index contributed by atoms with van der Waals surface area (Å²) in [6.45, 7) is 6.90. The van der Waals surface area contributed by atoms with Crippen molar-refractivity contribution in [2.45, 2.75) is 58.8 Å². The molecule has 2 aliphatic rings. The van der Waals surface area contributed by atoms with Crippen LogP contribution >= 0.6 is 0 Å². The summed E-state index contributed by atoms with van der Waals surface area (Å²) >= 11 is 0. The Morgan fingerprint density at radius 2 is 1.78 bits per heavy atom. The van der Waals surface area contributed by atoms with Gasteiger partial charge in [-0.15, -0.1) is 0 Å². The topological polar surface area (TPSA) is 106 Å². The van der Waals surface area contributed by atoms with Gasteiger partial charge in [0, 0.05) is 41.2 Å². The van der Waals surface area contributed by atoms with E-state index < -0.39 is 0 Å². The maximum Gasteiger partial charge on any atom is 0.318 e. The molecule has 7 rings (SSSR count). The van der Waals surface area contributed by atoms with Gasteiger partial charge in [-0.2, -0.15) is 0 Å². The molecule has 1 atom stereocenters. The highest BCUT2D eigenvalue weighted by Gasteiger charge is 2.37. The molecule has 234 valence electrons. The first-order chi connectivity index (χ1) is 22.4. The number of carbonyl (C=O) groups is 2. The first-order valence-electron chi connectivity index (χ1n) is 15.7. The number of hydrogen-bond acceptors (Lipinski definition) is 6. The Balaban J connectivity index is 1.27. The van der Waals surface area contributed by atoms with Gasteiger partial charge in [0.15, 0.2) is 11.5 Å². The fourth-order valence-electron chi connectivity index (χ4n) is 6.28. The quantitative estimate of drug-likeness (QED) is 0.186. The molecule has 0 saturated heterocycles. The Kier molecular flexibility index (Phi) is 7.82. The van der Waals surface area contributed by atoms with Crippen LogP contribution in [0.25, 0.3) is 33.6 Å². The van der Waals surface area contributed by atoms with Gasteiger partial charge in [-0.1, -0.05) is 55.8 Å². The van der Waals surface area contributed by atoms with Crippen LogP contribution in [0.3, 0.4) is 0 Å².